The topological polar surface area (TPSA) is 84.9 Å². The van der Waals surface area contributed by atoms with Crippen molar-refractivity contribution in [2.75, 3.05) is 6.54 Å². The number of carbonyl (C=O) groups excluding carboxylic acids is 1. The number of carboxylic acids is 1. The number of ether oxygens (including phenoxy) is 2. The summed E-state index contributed by atoms with van der Waals surface area (Å²) in [6, 6.07) is 25.2. The zero-order chi connectivity index (χ0) is 26.8. The Morgan fingerprint density at radius 2 is 1.11 bits per heavy atom. The summed E-state index contributed by atoms with van der Waals surface area (Å²) < 4.78 is 12.0. The average molecular weight is 518 g/mol. The molecule has 0 aliphatic carbocycles. The van der Waals surface area contributed by atoms with E-state index in [9.17, 15) is 9.59 Å². The molecular formula is C32H39NO5. The van der Waals surface area contributed by atoms with Crippen molar-refractivity contribution < 1.29 is 24.2 Å². The van der Waals surface area contributed by atoms with E-state index in [1.807, 2.05) is 66.7 Å². The molecule has 0 saturated carbocycles. The van der Waals surface area contributed by atoms with E-state index in [2.05, 4.69) is 5.32 Å². The van der Waals surface area contributed by atoms with Crippen molar-refractivity contribution in [3.8, 4) is 11.5 Å². The largest absolute Gasteiger partial charge is 0.489 e. The molecule has 3 rings (SSSR count). The molecule has 0 unspecified atom stereocenters. The number of aliphatic carboxylic acids is 1. The first-order chi connectivity index (χ1) is 18.6. The van der Waals surface area contributed by atoms with Crippen LogP contribution in [0, 0.1) is 0 Å². The monoisotopic (exact) mass is 517 g/mol. The van der Waals surface area contributed by atoms with Gasteiger partial charge in [0, 0.05) is 24.6 Å². The van der Waals surface area contributed by atoms with Crippen LogP contribution >= 0.6 is 0 Å². The molecule has 0 radical (unpaired) electrons. The van der Waals surface area contributed by atoms with E-state index >= 15 is 0 Å². The van der Waals surface area contributed by atoms with Gasteiger partial charge in [0.05, 0.1) is 0 Å². The van der Waals surface area contributed by atoms with Gasteiger partial charge in [-0.3, -0.25) is 9.59 Å². The van der Waals surface area contributed by atoms with Crippen molar-refractivity contribution in [3.63, 3.8) is 0 Å². The van der Waals surface area contributed by atoms with Gasteiger partial charge in [-0.05, 0) is 36.1 Å². The van der Waals surface area contributed by atoms with Crippen LogP contribution in [0.25, 0.3) is 0 Å². The Bertz CT molecular complexity index is 1040. The van der Waals surface area contributed by atoms with Crippen LogP contribution in [0.2, 0.25) is 0 Å². The molecule has 0 heterocycles. The summed E-state index contributed by atoms with van der Waals surface area (Å²) in [5.41, 5.74) is 2.61. The van der Waals surface area contributed by atoms with Crippen molar-refractivity contribution in [2.24, 2.45) is 0 Å². The lowest BCUT2D eigenvalue weighted by Gasteiger charge is -2.13. The molecule has 0 aliphatic rings. The van der Waals surface area contributed by atoms with Gasteiger partial charge in [-0.1, -0.05) is 99.2 Å². The number of unbranched alkanes of at least 4 members (excludes halogenated alkanes) is 7. The Labute approximate surface area is 226 Å². The molecule has 202 valence electrons. The number of benzene rings is 3. The maximum Gasteiger partial charge on any atom is 0.303 e. The lowest BCUT2D eigenvalue weighted by molar-refractivity contribution is -0.137. The molecule has 0 fully saturated rings. The molecule has 38 heavy (non-hydrogen) atoms. The van der Waals surface area contributed by atoms with Crippen molar-refractivity contribution in [3.05, 3.63) is 95.6 Å². The summed E-state index contributed by atoms with van der Waals surface area (Å²) in [6.45, 7) is 1.43. The van der Waals surface area contributed by atoms with Gasteiger partial charge >= 0.3 is 5.97 Å². The zero-order valence-electron chi connectivity index (χ0n) is 22.1. The van der Waals surface area contributed by atoms with Crippen molar-refractivity contribution in [2.45, 2.75) is 71.0 Å². The second-order valence-corrected chi connectivity index (χ2v) is 9.47. The molecule has 0 spiro atoms. The van der Waals surface area contributed by atoms with Crippen LogP contribution in [0.3, 0.4) is 0 Å². The lowest BCUT2D eigenvalue weighted by atomic mass is 10.1. The quantitative estimate of drug-likeness (QED) is 0.175. The highest BCUT2D eigenvalue weighted by Gasteiger charge is 2.11. The van der Waals surface area contributed by atoms with Crippen LogP contribution in [0.15, 0.2) is 78.9 Å². The Hall–Kier alpha value is -3.80. The standard InChI is InChI=1S/C32H39NO5/c34-31(35)19-13-5-3-1-2-4-6-14-20-33-32(36)28-21-29(37-24-26-15-9-7-10-16-26)23-30(22-28)38-25-27-17-11-8-12-18-27/h7-12,15-18,21-23H,1-6,13-14,19-20,24-25H2,(H,33,36)(H,34,35). The number of nitrogens with one attached hydrogen (secondary N) is 1. The fraction of sp³-hybridized carbons (Fsp3) is 0.375. The highest BCUT2D eigenvalue weighted by molar-refractivity contribution is 5.95. The van der Waals surface area contributed by atoms with E-state index in [4.69, 9.17) is 14.6 Å². The van der Waals surface area contributed by atoms with Crippen LogP contribution in [-0.4, -0.2) is 23.5 Å². The van der Waals surface area contributed by atoms with Crippen molar-refractivity contribution >= 4 is 11.9 Å². The maximum atomic E-state index is 12.9. The predicted octanol–water partition coefficient (Wildman–Crippen LogP) is 7.17. The van der Waals surface area contributed by atoms with Gasteiger partial charge < -0.3 is 19.9 Å². The fourth-order valence-corrected chi connectivity index (χ4v) is 4.12. The minimum atomic E-state index is -0.714. The molecule has 6 heteroatoms. The molecule has 3 aromatic rings. The normalized spacial score (nSPS) is 10.6. The van der Waals surface area contributed by atoms with E-state index in [0.717, 1.165) is 62.5 Å². The average Bonchev–Trinajstić information content (AvgIpc) is 2.94. The molecule has 3 aromatic carbocycles. The number of hydrogen-bond donors (Lipinski definition) is 2. The number of carboxylic acid groups (broad SMARTS) is 1. The third kappa shape index (κ3) is 11.5. The Balaban J connectivity index is 1.46. The summed E-state index contributed by atoms with van der Waals surface area (Å²) in [7, 11) is 0. The van der Waals surface area contributed by atoms with E-state index in [1.165, 1.54) is 0 Å². The van der Waals surface area contributed by atoms with Crippen molar-refractivity contribution in [1.29, 1.82) is 0 Å². The van der Waals surface area contributed by atoms with Crippen LogP contribution < -0.4 is 14.8 Å². The molecule has 2 N–H and O–H groups in total. The number of hydrogen-bond acceptors (Lipinski definition) is 4. The van der Waals surface area contributed by atoms with Gasteiger partial charge in [-0.2, -0.15) is 0 Å². The van der Waals surface area contributed by atoms with Crippen LogP contribution in [0.5, 0.6) is 11.5 Å². The van der Waals surface area contributed by atoms with Gasteiger partial charge in [-0.15, -0.1) is 0 Å². The van der Waals surface area contributed by atoms with Crippen LogP contribution in [-0.2, 0) is 18.0 Å². The molecule has 0 atom stereocenters. The number of carbonyl (C=O) groups is 2. The maximum absolute atomic E-state index is 12.9. The van der Waals surface area contributed by atoms with E-state index in [1.54, 1.807) is 12.1 Å². The second-order valence-electron chi connectivity index (χ2n) is 9.47. The number of rotatable bonds is 18. The van der Waals surface area contributed by atoms with Gasteiger partial charge in [-0.25, -0.2) is 0 Å². The summed E-state index contributed by atoms with van der Waals surface area (Å²) in [5, 5.41) is 11.7. The Morgan fingerprint density at radius 3 is 1.61 bits per heavy atom. The third-order valence-electron chi connectivity index (χ3n) is 6.24. The second kappa shape index (κ2) is 16.8. The lowest BCUT2D eigenvalue weighted by Crippen LogP contribution is -2.24. The van der Waals surface area contributed by atoms with Crippen molar-refractivity contribution in [1.82, 2.24) is 5.32 Å². The smallest absolute Gasteiger partial charge is 0.303 e. The minimum Gasteiger partial charge on any atom is -0.489 e. The molecule has 1 amide bonds. The first-order valence-corrected chi connectivity index (χ1v) is 13.6. The molecule has 0 saturated heterocycles. The van der Waals surface area contributed by atoms with Gasteiger partial charge in [0.2, 0.25) is 0 Å². The Morgan fingerprint density at radius 1 is 0.632 bits per heavy atom. The molecule has 0 aliphatic heterocycles. The van der Waals surface area contributed by atoms with E-state index in [-0.39, 0.29) is 12.3 Å². The highest BCUT2D eigenvalue weighted by Crippen LogP contribution is 2.25. The first kappa shape index (κ1) is 28.8. The summed E-state index contributed by atoms with van der Waals surface area (Å²) in [4.78, 5) is 23.4. The summed E-state index contributed by atoms with van der Waals surface area (Å²) in [5.74, 6) is 0.327. The predicted molar refractivity (Wildman–Crippen MR) is 150 cm³/mol. The highest BCUT2D eigenvalue weighted by atomic mass is 16.5. The Kier molecular flexibility index (Phi) is 12.8. The molecular weight excluding hydrogens is 478 g/mol. The summed E-state index contributed by atoms with van der Waals surface area (Å²) >= 11 is 0. The van der Waals surface area contributed by atoms with Crippen LogP contribution in [0.1, 0.15) is 79.3 Å². The minimum absolute atomic E-state index is 0.141. The zero-order valence-corrected chi connectivity index (χ0v) is 22.1. The van der Waals surface area contributed by atoms with Gasteiger partial charge in [0.25, 0.3) is 5.91 Å². The van der Waals surface area contributed by atoms with E-state index in [0.29, 0.717) is 36.8 Å². The molecule has 6 nitrogen and oxygen atoms in total. The van der Waals surface area contributed by atoms with Crippen LogP contribution in [0.4, 0.5) is 0 Å². The number of amides is 1. The van der Waals surface area contributed by atoms with E-state index < -0.39 is 5.97 Å². The fourth-order valence-electron chi connectivity index (χ4n) is 4.12. The first-order valence-electron chi connectivity index (χ1n) is 13.6. The molecule has 0 bridgehead atoms. The van der Waals surface area contributed by atoms with Gasteiger partial charge in [0.15, 0.2) is 0 Å². The summed E-state index contributed by atoms with van der Waals surface area (Å²) in [6.07, 6.45) is 8.47. The molecule has 0 aromatic heterocycles. The van der Waals surface area contributed by atoms with Gasteiger partial charge in [0.1, 0.15) is 24.7 Å². The third-order valence-corrected chi connectivity index (χ3v) is 6.24. The SMILES string of the molecule is O=C(O)CCCCCCCCCCNC(=O)c1cc(OCc2ccccc2)cc(OCc2ccccc2)c1.